The molecule has 2 N–H and O–H groups in total. The Hall–Kier alpha value is -0.580. The summed E-state index contributed by atoms with van der Waals surface area (Å²) in [6.07, 6.45) is 1.59. The molecule has 94 valence electrons. The second-order valence-corrected chi connectivity index (χ2v) is 5.78. The van der Waals surface area contributed by atoms with E-state index >= 15 is 0 Å². The number of aliphatic hydroxyl groups is 2. The summed E-state index contributed by atoms with van der Waals surface area (Å²) in [4.78, 5) is 2.27. The van der Waals surface area contributed by atoms with Crippen LogP contribution in [0.25, 0.3) is 0 Å². The van der Waals surface area contributed by atoms with Crippen molar-refractivity contribution in [2.75, 3.05) is 18.0 Å². The third kappa shape index (κ3) is 3.00. The van der Waals surface area contributed by atoms with Crippen molar-refractivity contribution in [1.82, 2.24) is 0 Å². The van der Waals surface area contributed by atoms with E-state index in [9.17, 15) is 5.11 Å². The molecule has 1 heterocycles. The third-order valence-corrected chi connectivity index (χ3v) is 4.01. The quantitative estimate of drug-likeness (QED) is 0.881. The largest absolute Gasteiger partial charge is 0.392 e. The molecule has 0 amide bonds. The highest BCUT2D eigenvalue weighted by Gasteiger charge is 2.27. The fourth-order valence-electron chi connectivity index (χ4n) is 2.13. The molecule has 1 aromatic rings. The van der Waals surface area contributed by atoms with E-state index in [0.29, 0.717) is 0 Å². The number of halogens is 1. The summed E-state index contributed by atoms with van der Waals surface area (Å²) in [6.45, 7) is 3.69. The Morgan fingerprint density at radius 2 is 2.00 bits per heavy atom. The van der Waals surface area contributed by atoms with Crippen LogP contribution in [0.1, 0.15) is 25.3 Å². The van der Waals surface area contributed by atoms with E-state index in [1.807, 2.05) is 25.1 Å². The van der Waals surface area contributed by atoms with Crippen molar-refractivity contribution in [3.05, 3.63) is 28.2 Å². The van der Waals surface area contributed by atoms with Crippen molar-refractivity contribution in [3.8, 4) is 0 Å². The van der Waals surface area contributed by atoms with Gasteiger partial charge in [0.25, 0.3) is 0 Å². The van der Waals surface area contributed by atoms with Crippen molar-refractivity contribution >= 4 is 21.6 Å². The second kappa shape index (κ2) is 4.96. The average Bonchev–Trinajstić information content (AvgIpc) is 2.29. The molecule has 0 aromatic heterocycles. The SMILES string of the molecule is CC1(O)CCN(c2ccc(CO)cc2Br)CC1. The van der Waals surface area contributed by atoms with Gasteiger partial charge in [-0.3, -0.25) is 0 Å². The van der Waals surface area contributed by atoms with Crippen molar-refractivity contribution in [2.24, 2.45) is 0 Å². The summed E-state index contributed by atoms with van der Waals surface area (Å²) in [5.74, 6) is 0. The fourth-order valence-corrected chi connectivity index (χ4v) is 2.81. The number of rotatable bonds is 2. The molecular weight excluding hydrogens is 282 g/mol. The Morgan fingerprint density at radius 3 is 2.53 bits per heavy atom. The van der Waals surface area contributed by atoms with Crippen LogP contribution in [0, 0.1) is 0 Å². The fraction of sp³-hybridized carbons (Fsp3) is 0.538. The molecule has 17 heavy (non-hydrogen) atoms. The lowest BCUT2D eigenvalue weighted by Gasteiger charge is -2.37. The Bertz CT molecular complexity index is 396. The molecule has 1 aliphatic heterocycles. The molecule has 4 heteroatoms. The standard InChI is InChI=1S/C13H18BrNO2/c1-13(17)4-6-15(7-5-13)12-3-2-10(9-16)8-11(12)14/h2-3,8,16-17H,4-7,9H2,1H3. The van der Waals surface area contributed by atoms with E-state index < -0.39 is 5.60 Å². The lowest BCUT2D eigenvalue weighted by Crippen LogP contribution is -2.42. The van der Waals surface area contributed by atoms with Gasteiger partial charge >= 0.3 is 0 Å². The first kappa shape index (κ1) is 12.9. The van der Waals surface area contributed by atoms with Crippen molar-refractivity contribution in [1.29, 1.82) is 0 Å². The molecule has 3 nitrogen and oxygen atoms in total. The number of hydrogen-bond acceptors (Lipinski definition) is 3. The zero-order valence-electron chi connectivity index (χ0n) is 9.99. The maximum atomic E-state index is 9.92. The van der Waals surface area contributed by atoms with Gasteiger partial charge in [-0.25, -0.2) is 0 Å². The minimum absolute atomic E-state index is 0.0631. The number of nitrogens with zero attached hydrogens (tertiary/aromatic N) is 1. The van der Waals surface area contributed by atoms with Gasteiger partial charge in [0.15, 0.2) is 0 Å². The summed E-state index contributed by atoms with van der Waals surface area (Å²) in [6, 6.07) is 5.91. The zero-order chi connectivity index (χ0) is 12.5. The van der Waals surface area contributed by atoms with Crippen LogP contribution in [0.3, 0.4) is 0 Å². The summed E-state index contributed by atoms with van der Waals surface area (Å²) in [5.41, 5.74) is 1.52. The van der Waals surface area contributed by atoms with Crippen LogP contribution in [0.5, 0.6) is 0 Å². The van der Waals surface area contributed by atoms with Gasteiger partial charge in [-0.2, -0.15) is 0 Å². The van der Waals surface area contributed by atoms with Crippen LogP contribution in [-0.4, -0.2) is 28.9 Å². The number of benzene rings is 1. The maximum absolute atomic E-state index is 9.92. The minimum Gasteiger partial charge on any atom is -0.392 e. The smallest absolute Gasteiger partial charge is 0.0682 e. The van der Waals surface area contributed by atoms with Crippen LogP contribution >= 0.6 is 15.9 Å². The topological polar surface area (TPSA) is 43.7 Å². The van der Waals surface area contributed by atoms with Crippen LogP contribution in [0.4, 0.5) is 5.69 Å². The first-order chi connectivity index (χ1) is 8.02. The molecule has 1 fully saturated rings. The van der Waals surface area contributed by atoms with Gasteiger partial charge < -0.3 is 15.1 Å². The Balaban J connectivity index is 2.13. The Labute approximate surface area is 110 Å². The lowest BCUT2D eigenvalue weighted by atomic mass is 9.93. The molecule has 0 bridgehead atoms. The lowest BCUT2D eigenvalue weighted by molar-refractivity contribution is 0.0351. The van der Waals surface area contributed by atoms with Crippen LogP contribution in [0.2, 0.25) is 0 Å². The minimum atomic E-state index is -0.520. The molecule has 0 radical (unpaired) electrons. The molecular formula is C13H18BrNO2. The number of anilines is 1. The molecule has 0 spiro atoms. The van der Waals surface area contributed by atoms with E-state index in [2.05, 4.69) is 20.8 Å². The molecule has 0 saturated carbocycles. The van der Waals surface area contributed by atoms with Crippen molar-refractivity contribution in [2.45, 2.75) is 32.0 Å². The van der Waals surface area contributed by atoms with E-state index in [1.165, 1.54) is 0 Å². The normalized spacial score (nSPS) is 19.4. The van der Waals surface area contributed by atoms with E-state index in [4.69, 9.17) is 5.11 Å². The van der Waals surface area contributed by atoms with Gasteiger partial charge in [-0.15, -0.1) is 0 Å². The molecule has 2 rings (SSSR count). The molecule has 1 aliphatic rings. The van der Waals surface area contributed by atoms with Crippen LogP contribution in [0.15, 0.2) is 22.7 Å². The highest BCUT2D eigenvalue weighted by Crippen LogP contribution is 2.31. The molecule has 0 atom stereocenters. The number of hydrogen-bond donors (Lipinski definition) is 2. The van der Waals surface area contributed by atoms with Gasteiger partial charge in [-0.05, 0) is 53.4 Å². The van der Waals surface area contributed by atoms with Crippen LogP contribution < -0.4 is 4.90 Å². The second-order valence-electron chi connectivity index (χ2n) is 4.93. The van der Waals surface area contributed by atoms with E-state index in [-0.39, 0.29) is 6.61 Å². The molecule has 0 unspecified atom stereocenters. The predicted octanol–water partition coefficient (Wildman–Crippen LogP) is 2.29. The third-order valence-electron chi connectivity index (χ3n) is 3.38. The average molecular weight is 300 g/mol. The van der Waals surface area contributed by atoms with Gasteiger partial charge in [-0.1, -0.05) is 6.07 Å². The summed E-state index contributed by atoms with van der Waals surface area (Å²) >= 11 is 3.54. The predicted molar refractivity (Wildman–Crippen MR) is 72.1 cm³/mol. The Kier molecular flexibility index (Phi) is 3.76. The van der Waals surface area contributed by atoms with Gasteiger partial charge in [0, 0.05) is 17.6 Å². The molecule has 1 aromatic carbocycles. The van der Waals surface area contributed by atoms with Gasteiger partial charge in [0.2, 0.25) is 0 Å². The van der Waals surface area contributed by atoms with Crippen molar-refractivity contribution in [3.63, 3.8) is 0 Å². The summed E-state index contributed by atoms with van der Waals surface area (Å²) < 4.78 is 1.01. The first-order valence-electron chi connectivity index (χ1n) is 5.88. The van der Waals surface area contributed by atoms with Gasteiger partial charge in [0.1, 0.15) is 0 Å². The zero-order valence-corrected chi connectivity index (χ0v) is 11.6. The first-order valence-corrected chi connectivity index (χ1v) is 6.68. The maximum Gasteiger partial charge on any atom is 0.0682 e. The monoisotopic (exact) mass is 299 g/mol. The summed E-state index contributed by atoms with van der Waals surface area (Å²) in [5, 5.41) is 19.0. The van der Waals surface area contributed by atoms with Gasteiger partial charge in [0.05, 0.1) is 17.9 Å². The van der Waals surface area contributed by atoms with Crippen LogP contribution in [-0.2, 0) is 6.61 Å². The number of aliphatic hydroxyl groups excluding tert-OH is 1. The van der Waals surface area contributed by atoms with E-state index in [1.54, 1.807) is 0 Å². The molecule has 1 saturated heterocycles. The van der Waals surface area contributed by atoms with Crippen molar-refractivity contribution < 1.29 is 10.2 Å². The Morgan fingerprint density at radius 1 is 1.35 bits per heavy atom. The highest BCUT2D eigenvalue weighted by molar-refractivity contribution is 9.10. The number of piperidine rings is 1. The highest BCUT2D eigenvalue weighted by atomic mass is 79.9. The molecule has 0 aliphatic carbocycles. The summed E-state index contributed by atoms with van der Waals surface area (Å²) in [7, 11) is 0. The van der Waals surface area contributed by atoms with E-state index in [0.717, 1.165) is 41.7 Å².